The Morgan fingerprint density at radius 1 is 1.29 bits per heavy atom. The third-order valence-electron chi connectivity index (χ3n) is 3.35. The predicted molar refractivity (Wildman–Crippen MR) is 83.1 cm³/mol. The van der Waals surface area contributed by atoms with Crippen LogP contribution in [0.15, 0.2) is 41.6 Å². The average Bonchev–Trinajstić information content (AvgIpc) is 2.86. The molecule has 0 saturated carbocycles. The molecular formula is C15H21N3O2S. The molecule has 114 valence electrons. The SMILES string of the molecule is CNCCCn1ccnc1Cc1ccccc1S(C)(=O)=O. The highest BCUT2D eigenvalue weighted by Gasteiger charge is 2.14. The number of nitrogens with one attached hydrogen (secondary N) is 1. The van der Waals surface area contributed by atoms with Crippen LogP contribution in [-0.2, 0) is 22.8 Å². The van der Waals surface area contributed by atoms with Gasteiger partial charge in [0.05, 0.1) is 4.90 Å². The summed E-state index contributed by atoms with van der Waals surface area (Å²) in [5.74, 6) is 0.891. The third kappa shape index (κ3) is 4.15. The molecule has 2 rings (SSSR count). The fourth-order valence-corrected chi connectivity index (χ4v) is 3.26. The molecule has 0 amide bonds. The molecule has 0 spiro atoms. The monoisotopic (exact) mass is 307 g/mol. The summed E-state index contributed by atoms with van der Waals surface area (Å²) in [6.45, 7) is 1.81. The van der Waals surface area contributed by atoms with E-state index >= 15 is 0 Å². The van der Waals surface area contributed by atoms with Crippen molar-refractivity contribution >= 4 is 9.84 Å². The lowest BCUT2D eigenvalue weighted by Crippen LogP contribution is -2.13. The van der Waals surface area contributed by atoms with Crippen LogP contribution in [-0.4, -0.2) is 37.8 Å². The van der Waals surface area contributed by atoms with E-state index in [0.29, 0.717) is 11.3 Å². The highest BCUT2D eigenvalue weighted by Crippen LogP contribution is 2.18. The highest BCUT2D eigenvalue weighted by molar-refractivity contribution is 7.90. The Labute approximate surface area is 125 Å². The minimum Gasteiger partial charge on any atom is -0.335 e. The smallest absolute Gasteiger partial charge is 0.175 e. The molecule has 0 aliphatic rings. The van der Waals surface area contributed by atoms with Crippen molar-refractivity contribution in [1.29, 1.82) is 0 Å². The summed E-state index contributed by atoms with van der Waals surface area (Å²) in [7, 11) is -1.29. The maximum absolute atomic E-state index is 11.8. The molecule has 0 bridgehead atoms. The van der Waals surface area contributed by atoms with Crippen LogP contribution in [0.4, 0.5) is 0 Å². The standard InChI is InChI=1S/C15H21N3O2S/c1-16-8-5-10-18-11-9-17-15(18)12-13-6-3-4-7-14(13)21(2,19)20/h3-4,6-7,9,11,16H,5,8,10,12H2,1-2H3. The first-order valence-electron chi connectivity index (χ1n) is 6.95. The first-order chi connectivity index (χ1) is 10.0. The molecule has 1 N–H and O–H groups in total. The Kier molecular flexibility index (Phi) is 5.14. The number of hydrogen-bond donors (Lipinski definition) is 1. The second-order valence-corrected chi connectivity index (χ2v) is 7.03. The van der Waals surface area contributed by atoms with Crippen molar-refractivity contribution in [3.63, 3.8) is 0 Å². The predicted octanol–water partition coefficient (Wildman–Crippen LogP) is 1.49. The Hall–Kier alpha value is -1.66. The third-order valence-corrected chi connectivity index (χ3v) is 4.55. The number of aromatic nitrogens is 2. The van der Waals surface area contributed by atoms with E-state index in [4.69, 9.17) is 0 Å². The molecule has 0 radical (unpaired) electrons. The van der Waals surface area contributed by atoms with Crippen LogP contribution >= 0.6 is 0 Å². The van der Waals surface area contributed by atoms with E-state index in [2.05, 4.69) is 14.9 Å². The van der Waals surface area contributed by atoms with E-state index in [1.165, 1.54) is 6.26 Å². The quantitative estimate of drug-likeness (QED) is 0.787. The summed E-state index contributed by atoms with van der Waals surface area (Å²) in [6.07, 6.45) is 6.47. The van der Waals surface area contributed by atoms with Gasteiger partial charge in [-0.05, 0) is 31.6 Å². The second-order valence-electron chi connectivity index (χ2n) is 5.05. The Morgan fingerprint density at radius 3 is 2.76 bits per heavy atom. The number of aryl methyl sites for hydroxylation is 1. The van der Waals surface area contributed by atoms with Gasteiger partial charge >= 0.3 is 0 Å². The number of hydrogen-bond acceptors (Lipinski definition) is 4. The summed E-state index contributed by atoms with van der Waals surface area (Å²) in [4.78, 5) is 4.75. The van der Waals surface area contributed by atoms with Crippen molar-refractivity contribution in [2.75, 3.05) is 19.8 Å². The maximum atomic E-state index is 11.8. The second kappa shape index (κ2) is 6.87. The van der Waals surface area contributed by atoms with E-state index in [1.807, 2.05) is 25.4 Å². The van der Waals surface area contributed by atoms with Crippen LogP contribution in [0.3, 0.4) is 0 Å². The van der Waals surface area contributed by atoms with Crippen molar-refractivity contribution in [2.24, 2.45) is 0 Å². The summed E-state index contributed by atoms with van der Waals surface area (Å²) in [5.41, 5.74) is 0.793. The van der Waals surface area contributed by atoms with Gasteiger partial charge in [0, 0.05) is 31.6 Å². The number of benzene rings is 1. The topological polar surface area (TPSA) is 64.0 Å². The van der Waals surface area contributed by atoms with Gasteiger partial charge in [0.2, 0.25) is 0 Å². The van der Waals surface area contributed by atoms with Crippen molar-refractivity contribution in [3.8, 4) is 0 Å². The molecule has 21 heavy (non-hydrogen) atoms. The van der Waals surface area contributed by atoms with Crippen molar-refractivity contribution in [1.82, 2.24) is 14.9 Å². The van der Waals surface area contributed by atoms with Gasteiger partial charge in [0.25, 0.3) is 0 Å². The fourth-order valence-electron chi connectivity index (χ4n) is 2.32. The van der Waals surface area contributed by atoms with Crippen LogP contribution in [0.5, 0.6) is 0 Å². The molecule has 6 heteroatoms. The molecule has 0 atom stereocenters. The van der Waals surface area contributed by atoms with Gasteiger partial charge in [0.1, 0.15) is 5.82 Å². The summed E-state index contributed by atoms with van der Waals surface area (Å²) in [5, 5.41) is 3.12. The van der Waals surface area contributed by atoms with E-state index in [9.17, 15) is 8.42 Å². The van der Waals surface area contributed by atoms with Crippen LogP contribution in [0.25, 0.3) is 0 Å². The Balaban J connectivity index is 2.22. The van der Waals surface area contributed by atoms with Crippen molar-refractivity contribution < 1.29 is 8.42 Å². The summed E-state index contributed by atoms with van der Waals surface area (Å²) in [6, 6.07) is 7.11. The Bertz CT molecular complexity index is 692. The summed E-state index contributed by atoms with van der Waals surface area (Å²) >= 11 is 0. The zero-order valence-electron chi connectivity index (χ0n) is 12.4. The first kappa shape index (κ1) is 15.7. The highest BCUT2D eigenvalue weighted by atomic mass is 32.2. The van der Waals surface area contributed by atoms with E-state index < -0.39 is 9.84 Å². The molecule has 2 aromatic rings. The van der Waals surface area contributed by atoms with E-state index in [-0.39, 0.29) is 0 Å². The zero-order chi connectivity index (χ0) is 15.3. The summed E-state index contributed by atoms with van der Waals surface area (Å²) < 4.78 is 25.8. The van der Waals surface area contributed by atoms with Gasteiger partial charge < -0.3 is 9.88 Å². The largest absolute Gasteiger partial charge is 0.335 e. The number of nitrogens with zero attached hydrogens (tertiary/aromatic N) is 2. The lowest BCUT2D eigenvalue weighted by molar-refractivity contribution is 0.591. The minimum absolute atomic E-state index is 0.384. The number of sulfone groups is 1. The van der Waals surface area contributed by atoms with Gasteiger partial charge in [-0.1, -0.05) is 18.2 Å². The number of rotatable bonds is 7. The normalized spacial score (nSPS) is 11.7. The Morgan fingerprint density at radius 2 is 2.05 bits per heavy atom. The lowest BCUT2D eigenvalue weighted by Gasteiger charge is -2.10. The van der Waals surface area contributed by atoms with E-state index in [1.54, 1.807) is 18.3 Å². The molecule has 0 unspecified atom stereocenters. The van der Waals surface area contributed by atoms with Gasteiger partial charge in [-0.25, -0.2) is 13.4 Å². The first-order valence-corrected chi connectivity index (χ1v) is 8.84. The van der Waals surface area contributed by atoms with Gasteiger partial charge in [-0.3, -0.25) is 0 Å². The number of imidazole rings is 1. The average molecular weight is 307 g/mol. The minimum atomic E-state index is -3.22. The van der Waals surface area contributed by atoms with Crippen LogP contribution < -0.4 is 5.32 Å². The molecule has 0 aliphatic heterocycles. The van der Waals surface area contributed by atoms with Crippen molar-refractivity contribution in [2.45, 2.75) is 24.3 Å². The van der Waals surface area contributed by atoms with E-state index in [0.717, 1.165) is 30.9 Å². The van der Waals surface area contributed by atoms with Crippen molar-refractivity contribution in [3.05, 3.63) is 48.0 Å². The van der Waals surface area contributed by atoms with Gasteiger partial charge in [0.15, 0.2) is 9.84 Å². The molecule has 1 aromatic carbocycles. The molecular weight excluding hydrogens is 286 g/mol. The van der Waals surface area contributed by atoms with Crippen LogP contribution in [0.1, 0.15) is 17.8 Å². The molecule has 1 aromatic heterocycles. The fraction of sp³-hybridized carbons (Fsp3) is 0.400. The van der Waals surface area contributed by atoms with Gasteiger partial charge in [-0.2, -0.15) is 0 Å². The maximum Gasteiger partial charge on any atom is 0.175 e. The van der Waals surface area contributed by atoms with Crippen LogP contribution in [0, 0.1) is 0 Å². The molecule has 0 aliphatic carbocycles. The lowest BCUT2D eigenvalue weighted by atomic mass is 10.1. The molecule has 0 saturated heterocycles. The molecule has 1 heterocycles. The van der Waals surface area contributed by atoms with Gasteiger partial charge in [-0.15, -0.1) is 0 Å². The van der Waals surface area contributed by atoms with Crippen LogP contribution in [0.2, 0.25) is 0 Å². The molecule has 5 nitrogen and oxygen atoms in total. The zero-order valence-corrected chi connectivity index (χ0v) is 13.2. The molecule has 0 fully saturated rings.